The Morgan fingerprint density at radius 1 is 1.20 bits per heavy atom. The third kappa shape index (κ3) is 4.76. The smallest absolute Gasteiger partial charge is 0.323 e. The van der Waals surface area contributed by atoms with Crippen molar-refractivity contribution in [3.8, 4) is 0 Å². The molecule has 0 spiro atoms. The lowest BCUT2D eigenvalue weighted by Gasteiger charge is -2.28. The maximum atomic E-state index is 13.5. The monoisotopic (exact) mass is 655 g/mol. The number of rotatable bonds is 6. The molecule has 2 atom stereocenters. The van der Waals surface area contributed by atoms with Gasteiger partial charge in [-0.1, -0.05) is 60.7 Å². The lowest BCUT2D eigenvalue weighted by molar-refractivity contribution is -0.137. The summed E-state index contributed by atoms with van der Waals surface area (Å²) in [6.45, 7) is 2.55. The van der Waals surface area contributed by atoms with E-state index in [1.807, 2.05) is 25.1 Å². The van der Waals surface area contributed by atoms with E-state index in [1.165, 1.54) is 32.7 Å². The van der Waals surface area contributed by atoms with Crippen molar-refractivity contribution in [2.75, 3.05) is 11.4 Å². The number of aromatic nitrogens is 1. The van der Waals surface area contributed by atoms with E-state index in [9.17, 15) is 19.5 Å². The number of nitrogens with zero attached hydrogens (tertiary/aromatic N) is 3. The van der Waals surface area contributed by atoms with Gasteiger partial charge in [0.25, 0.3) is 11.5 Å². The second-order valence-corrected chi connectivity index (χ2v) is 13.6. The average molecular weight is 657 g/mol. The molecule has 3 aromatic rings. The van der Waals surface area contributed by atoms with Gasteiger partial charge in [-0.2, -0.15) is 0 Å². The third-order valence-electron chi connectivity index (χ3n) is 7.74. The van der Waals surface area contributed by atoms with Gasteiger partial charge >= 0.3 is 5.97 Å². The Balaban J connectivity index is 1.47. The van der Waals surface area contributed by atoms with Gasteiger partial charge < -0.3 is 10.0 Å². The molecule has 11 heteroatoms. The number of hydrogen-bond acceptors (Lipinski definition) is 7. The molecule has 1 saturated carbocycles. The molecule has 1 N–H and O–H groups in total. The molecule has 40 heavy (non-hydrogen) atoms. The summed E-state index contributed by atoms with van der Waals surface area (Å²) in [4.78, 5) is 42.4. The molecule has 0 radical (unpaired) electrons. The predicted octanol–water partition coefficient (Wildman–Crippen LogP) is 4.23. The Kier molecular flexibility index (Phi) is 7.49. The number of thioether (sulfide) groups is 1. The van der Waals surface area contributed by atoms with Crippen molar-refractivity contribution < 1.29 is 14.7 Å². The first-order valence-electron chi connectivity index (χ1n) is 13.1. The topological polar surface area (TPSA) is 82.9 Å². The van der Waals surface area contributed by atoms with Crippen LogP contribution in [0.25, 0.3) is 11.0 Å². The molecule has 1 amide bonds. The Bertz CT molecular complexity index is 1730. The zero-order chi connectivity index (χ0) is 28.1. The SMILES string of the molecule is CCN1C(=O)/C(=c2\s/c(=C/c3cc(Br)c4c(c3)C3CCCC3N4Cc3ccccc3)c(=O)n2CC(=O)O)SC1=S. The Morgan fingerprint density at radius 2 is 1.98 bits per heavy atom. The molecule has 2 fully saturated rings. The van der Waals surface area contributed by atoms with Crippen molar-refractivity contribution in [3.63, 3.8) is 0 Å². The van der Waals surface area contributed by atoms with Gasteiger partial charge in [0.2, 0.25) is 0 Å². The normalized spacial score (nSPS) is 21.9. The molecular weight excluding hydrogens is 630 g/mol. The first-order chi connectivity index (χ1) is 19.3. The number of halogens is 1. The van der Waals surface area contributed by atoms with Crippen LogP contribution in [0.5, 0.6) is 0 Å². The number of hydrogen-bond donors (Lipinski definition) is 1. The second-order valence-electron chi connectivity index (χ2n) is 10.1. The Hall–Kier alpha value is -2.73. The molecule has 1 aliphatic carbocycles. The summed E-state index contributed by atoms with van der Waals surface area (Å²) < 4.78 is 3.27. The average Bonchev–Trinajstić information content (AvgIpc) is 3.65. The number of carbonyl (C=O) groups is 2. The van der Waals surface area contributed by atoms with Crippen molar-refractivity contribution in [2.24, 2.45) is 0 Å². The van der Waals surface area contributed by atoms with Crippen LogP contribution in [0, 0.1) is 0 Å². The van der Waals surface area contributed by atoms with Crippen LogP contribution in [0.15, 0.2) is 51.7 Å². The first kappa shape index (κ1) is 27.4. The van der Waals surface area contributed by atoms with Gasteiger partial charge in [-0.15, -0.1) is 11.3 Å². The minimum atomic E-state index is -1.15. The van der Waals surface area contributed by atoms with Gasteiger partial charge in [0.15, 0.2) is 0 Å². The van der Waals surface area contributed by atoms with Crippen molar-refractivity contribution >= 4 is 84.1 Å². The van der Waals surface area contributed by atoms with Gasteiger partial charge in [0.1, 0.15) is 20.4 Å². The molecule has 3 aliphatic rings. The lowest BCUT2D eigenvalue weighted by Crippen LogP contribution is -2.35. The van der Waals surface area contributed by atoms with Crippen LogP contribution in [0.1, 0.15) is 48.8 Å². The number of anilines is 1. The van der Waals surface area contributed by atoms with Crippen LogP contribution in [0.2, 0.25) is 0 Å². The highest BCUT2D eigenvalue weighted by atomic mass is 79.9. The summed E-state index contributed by atoms with van der Waals surface area (Å²) in [5, 5.41) is 9.52. The summed E-state index contributed by atoms with van der Waals surface area (Å²) in [5.74, 6) is -1.02. The fourth-order valence-electron chi connectivity index (χ4n) is 6.05. The molecular formula is C29H26BrN3O4S3. The van der Waals surface area contributed by atoms with E-state index < -0.39 is 18.1 Å². The van der Waals surface area contributed by atoms with E-state index in [0.717, 1.165) is 52.5 Å². The van der Waals surface area contributed by atoms with Crippen molar-refractivity contribution in [2.45, 2.75) is 51.2 Å². The summed E-state index contributed by atoms with van der Waals surface area (Å²) in [6, 6.07) is 15.1. The van der Waals surface area contributed by atoms with Crippen LogP contribution < -0.4 is 19.7 Å². The summed E-state index contributed by atoms with van der Waals surface area (Å²) in [5.41, 5.74) is 4.20. The molecule has 2 unspecified atom stereocenters. The number of fused-ring (bicyclic) bond motifs is 3. The Morgan fingerprint density at radius 3 is 2.67 bits per heavy atom. The van der Waals surface area contributed by atoms with Crippen molar-refractivity contribution in [1.82, 2.24) is 9.47 Å². The lowest BCUT2D eigenvalue weighted by atomic mass is 9.96. The Labute approximate surface area is 252 Å². The van der Waals surface area contributed by atoms with Crippen molar-refractivity contribution in [1.29, 1.82) is 0 Å². The maximum Gasteiger partial charge on any atom is 0.323 e. The van der Waals surface area contributed by atoms with E-state index in [4.69, 9.17) is 12.2 Å². The third-order valence-corrected chi connectivity index (χ3v) is 11.0. The van der Waals surface area contributed by atoms with Crippen LogP contribution >= 0.6 is 51.2 Å². The van der Waals surface area contributed by atoms with Crippen molar-refractivity contribution in [3.05, 3.63) is 83.2 Å². The fourth-order valence-corrected chi connectivity index (χ4v) is 9.41. The van der Waals surface area contributed by atoms with Gasteiger partial charge in [-0.05, 0) is 70.6 Å². The number of aliphatic carboxylic acids is 1. The first-order valence-corrected chi connectivity index (χ1v) is 16.0. The van der Waals surface area contributed by atoms with E-state index in [0.29, 0.717) is 36.9 Å². The number of carbonyl (C=O) groups excluding carboxylic acids is 1. The van der Waals surface area contributed by atoms with Gasteiger partial charge in [-0.3, -0.25) is 23.9 Å². The highest BCUT2D eigenvalue weighted by Gasteiger charge is 2.42. The minimum absolute atomic E-state index is 0.296. The quantitative estimate of drug-likeness (QED) is 0.398. The van der Waals surface area contributed by atoms with Gasteiger partial charge in [0.05, 0.1) is 10.2 Å². The van der Waals surface area contributed by atoms with Gasteiger partial charge in [-0.25, -0.2) is 0 Å². The number of benzene rings is 2. The second kappa shape index (κ2) is 10.9. The molecule has 3 heterocycles. The largest absolute Gasteiger partial charge is 0.480 e. The number of thiocarbonyl (C=S) groups is 1. The maximum absolute atomic E-state index is 13.5. The minimum Gasteiger partial charge on any atom is -0.480 e. The number of amides is 1. The summed E-state index contributed by atoms with van der Waals surface area (Å²) >= 11 is 11.4. The van der Waals surface area contributed by atoms with E-state index >= 15 is 0 Å². The predicted molar refractivity (Wildman–Crippen MR) is 167 cm³/mol. The number of carboxylic acids is 1. The van der Waals surface area contributed by atoms with E-state index in [-0.39, 0.29) is 5.91 Å². The van der Waals surface area contributed by atoms with Crippen LogP contribution in [-0.4, -0.2) is 43.4 Å². The summed E-state index contributed by atoms with van der Waals surface area (Å²) in [6.07, 6.45) is 5.26. The van der Waals surface area contributed by atoms with Gasteiger partial charge in [0, 0.05) is 29.5 Å². The number of carboxylic acid groups (broad SMARTS) is 1. The fraction of sp³-hybridized carbons (Fsp3) is 0.310. The molecule has 0 bridgehead atoms. The molecule has 1 aromatic heterocycles. The standard InChI is InChI=1S/C29H26BrN3O4S3/c1-2-31-27(37)25(40-29(31)38)28-33(15-23(34)35)26(36)22(39-28)13-17-11-19-18-9-6-10-21(18)32(24(19)20(30)12-17)14-16-7-4-3-5-8-16/h3-5,7-8,11-13,18,21H,2,6,9-10,14-15H2,1H3,(H,34,35)/b22-13+,28-25+. The van der Waals surface area contributed by atoms with E-state index in [2.05, 4.69) is 51.2 Å². The molecule has 206 valence electrons. The van der Waals surface area contributed by atoms with Crippen LogP contribution in [-0.2, 0) is 22.7 Å². The molecule has 7 nitrogen and oxygen atoms in total. The molecule has 2 aliphatic heterocycles. The van der Waals surface area contributed by atoms with Crippen LogP contribution in [0.4, 0.5) is 5.69 Å². The summed E-state index contributed by atoms with van der Waals surface area (Å²) in [7, 11) is 0. The van der Waals surface area contributed by atoms with Crippen LogP contribution in [0.3, 0.4) is 0 Å². The highest BCUT2D eigenvalue weighted by molar-refractivity contribution is 9.10. The molecule has 2 aromatic carbocycles. The molecule has 1 saturated heterocycles. The molecule has 6 rings (SSSR count). The zero-order valence-electron chi connectivity index (χ0n) is 21.6. The number of thiazole rings is 1. The zero-order valence-corrected chi connectivity index (χ0v) is 25.7. The van der Waals surface area contributed by atoms with E-state index in [1.54, 1.807) is 0 Å². The highest BCUT2D eigenvalue weighted by Crippen LogP contribution is 2.52.